The van der Waals surface area contributed by atoms with Crippen molar-refractivity contribution in [2.45, 2.75) is 33.8 Å². The fourth-order valence-corrected chi connectivity index (χ4v) is 1.88. The molecule has 0 radical (unpaired) electrons. The third kappa shape index (κ3) is 3.39. The molecule has 21 heavy (non-hydrogen) atoms. The Morgan fingerprint density at radius 1 is 1.29 bits per heavy atom. The third-order valence-electron chi connectivity index (χ3n) is 2.82. The van der Waals surface area contributed by atoms with Gasteiger partial charge in [0, 0.05) is 0 Å². The quantitative estimate of drug-likeness (QED) is 0.791. The van der Waals surface area contributed by atoms with Gasteiger partial charge < -0.3 is 9.47 Å². The highest BCUT2D eigenvalue weighted by Gasteiger charge is 2.19. The maximum atomic E-state index is 11.9. The van der Waals surface area contributed by atoms with E-state index >= 15 is 0 Å². The van der Waals surface area contributed by atoms with Gasteiger partial charge in [0.1, 0.15) is 5.75 Å². The predicted molar refractivity (Wildman–Crippen MR) is 77.8 cm³/mol. The van der Waals surface area contributed by atoms with Crippen molar-refractivity contribution in [2.24, 2.45) is 0 Å². The minimum Gasteiger partial charge on any atom is -0.494 e. The molecule has 0 unspecified atom stereocenters. The number of aromatic nitrogens is 3. The summed E-state index contributed by atoms with van der Waals surface area (Å²) in [6.07, 6.45) is -0.187. The summed E-state index contributed by atoms with van der Waals surface area (Å²) >= 11 is 0. The van der Waals surface area contributed by atoms with E-state index in [1.807, 2.05) is 31.2 Å². The molecule has 6 nitrogen and oxygen atoms in total. The number of esters is 1. The number of carbonyl (C=O) groups is 1. The molecule has 0 saturated carbocycles. The van der Waals surface area contributed by atoms with Crippen LogP contribution in [0.15, 0.2) is 24.3 Å². The first-order valence-corrected chi connectivity index (χ1v) is 6.89. The third-order valence-corrected chi connectivity index (χ3v) is 2.82. The minimum absolute atomic E-state index is 0.187. The van der Waals surface area contributed by atoms with Crippen molar-refractivity contribution >= 4 is 5.97 Å². The Balaban J connectivity index is 2.25. The van der Waals surface area contributed by atoms with E-state index < -0.39 is 5.97 Å². The van der Waals surface area contributed by atoms with Crippen LogP contribution in [-0.2, 0) is 4.74 Å². The zero-order chi connectivity index (χ0) is 15.4. The first-order chi connectivity index (χ1) is 10.0. The van der Waals surface area contributed by atoms with Crippen LogP contribution < -0.4 is 4.74 Å². The second kappa shape index (κ2) is 6.39. The highest BCUT2D eigenvalue weighted by molar-refractivity contribution is 5.88. The first-order valence-electron chi connectivity index (χ1n) is 6.89. The fraction of sp³-hybridized carbons (Fsp3) is 0.400. The van der Waals surface area contributed by atoms with Crippen molar-refractivity contribution in [1.82, 2.24) is 15.0 Å². The summed E-state index contributed by atoms with van der Waals surface area (Å²) in [6.45, 7) is 7.93. The largest absolute Gasteiger partial charge is 0.494 e. The summed E-state index contributed by atoms with van der Waals surface area (Å²) in [5, 5.41) is 7.93. The highest BCUT2D eigenvalue weighted by atomic mass is 16.5. The average molecular weight is 289 g/mol. The van der Waals surface area contributed by atoms with Gasteiger partial charge in [-0.1, -0.05) is 5.21 Å². The second-order valence-electron chi connectivity index (χ2n) is 4.82. The molecule has 0 aliphatic carbocycles. The highest BCUT2D eigenvalue weighted by Crippen LogP contribution is 2.17. The summed E-state index contributed by atoms with van der Waals surface area (Å²) in [6, 6.07) is 7.44. The second-order valence-corrected chi connectivity index (χ2v) is 4.82. The van der Waals surface area contributed by atoms with Crippen LogP contribution in [-0.4, -0.2) is 33.7 Å². The number of hydrogen-bond acceptors (Lipinski definition) is 5. The van der Waals surface area contributed by atoms with Crippen molar-refractivity contribution < 1.29 is 14.3 Å². The number of benzene rings is 1. The van der Waals surface area contributed by atoms with Crippen LogP contribution in [0.1, 0.15) is 37.0 Å². The van der Waals surface area contributed by atoms with Gasteiger partial charge in [-0.2, -0.15) is 0 Å². The maximum Gasteiger partial charge on any atom is 0.361 e. The molecule has 0 aliphatic heterocycles. The Morgan fingerprint density at radius 2 is 1.95 bits per heavy atom. The summed E-state index contributed by atoms with van der Waals surface area (Å²) in [5.74, 6) is 0.332. The lowest BCUT2D eigenvalue weighted by Crippen LogP contribution is -2.13. The Hall–Kier alpha value is -2.37. The number of hydrogen-bond donors (Lipinski definition) is 0. The molecule has 0 N–H and O–H groups in total. The van der Waals surface area contributed by atoms with Gasteiger partial charge in [0.2, 0.25) is 0 Å². The summed E-state index contributed by atoms with van der Waals surface area (Å²) in [4.78, 5) is 11.9. The molecule has 0 saturated heterocycles. The van der Waals surface area contributed by atoms with E-state index in [2.05, 4.69) is 10.3 Å². The van der Waals surface area contributed by atoms with Crippen LogP contribution in [0.5, 0.6) is 5.75 Å². The van der Waals surface area contributed by atoms with E-state index in [4.69, 9.17) is 9.47 Å². The molecular formula is C15H19N3O3. The summed E-state index contributed by atoms with van der Waals surface area (Å²) in [7, 11) is 0. The minimum atomic E-state index is -0.459. The number of ether oxygens (including phenoxy) is 2. The van der Waals surface area contributed by atoms with Crippen molar-refractivity contribution in [1.29, 1.82) is 0 Å². The van der Waals surface area contributed by atoms with Crippen LogP contribution in [0.3, 0.4) is 0 Å². The van der Waals surface area contributed by atoms with Gasteiger partial charge in [-0.25, -0.2) is 9.48 Å². The van der Waals surface area contributed by atoms with Gasteiger partial charge in [0.05, 0.1) is 24.1 Å². The molecule has 0 spiro atoms. The molecule has 0 aliphatic rings. The molecule has 112 valence electrons. The van der Waals surface area contributed by atoms with Gasteiger partial charge in [-0.3, -0.25) is 0 Å². The Labute approximate surface area is 123 Å². The van der Waals surface area contributed by atoms with Crippen molar-refractivity contribution in [3.63, 3.8) is 0 Å². The number of carbonyl (C=O) groups excluding carboxylic acids is 1. The average Bonchev–Trinajstić information content (AvgIpc) is 2.81. The Kier molecular flexibility index (Phi) is 4.57. The van der Waals surface area contributed by atoms with Gasteiger partial charge in [0.15, 0.2) is 5.69 Å². The van der Waals surface area contributed by atoms with E-state index in [-0.39, 0.29) is 11.8 Å². The van der Waals surface area contributed by atoms with Crippen LogP contribution in [0.2, 0.25) is 0 Å². The lowest BCUT2D eigenvalue weighted by molar-refractivity contribution is 0.0370. The van der Waals surface area contributed by atoms with Crippen molar-refractivity contribution in [3.8, 4) is 11.4 Å². The van der Waals surface area contributed by atoms with Crippen LogP contribution in [0.25, 0.3) is 5.69 Å². The summed E-state index contributed by atoms with van der Waals surface area (Å²) < 4.78 is 12.1. The molecule has 6 heteroatoms. The number of rotatable bonds is 5. The molecular weight excluding hydrogens is 270 g/mol. The van der Waals surface area contributed by atoms with Crippen molar-refractivity contribution in [3.05, 3.63) is 35.7 Å². The summed E-state index contributed by atoms with van der Waals surface area (Å²) in [5.41, 5.74) is 1.69. The molecule has 0 atom stereocenters. The SMILES string of the molecule is CCOc1ccc(-n2nnc(C(=O)OC(C)C)c2C)cc1. The standard InChI is InChI=1S/C15H19N3O3/c1-5-20-13-8-6-12(7-9-13)18-11(4)14(16-17-18)15(19)21-10(2)3/h6-10H,5H2,1-4H3. The smallest absolute Gasteiger partial charge is 0.361 e. The van der Waals surface area contributed by atoms with Gasteiger partial charge in [0.25, 0.3) is 0 Å². The monoisotopic (exact) mass is 289 g/mol. The first kappa shape index (κ1) is 15.0. The molecule has 0 bridgehead atoms. The van der Waals surface area contributed by atoms with Gasteiger partial charge >= 0.3 is 5.97 Å². The zero-order valence-electron chi connectivity index (χ0n) is 12.7. The normalized spacial score (nSPS) is 10.7. The zero-order valence-corrected chi connectivity index (χ0v) is 12.7. The Bertz CT molecular complexity index is 618. The molecule has 2 aromatic rings. The Morgan fingerprint density at radius 3 is 2.52 bits per heavy atom. The molecule has 2 rings (SSSR count). The van der Waals surface area contributed by atoms with Gasteiger partial charge in [-0.15, -0.1) is 5.10 Å². The van der Waals surface area contributed by atoms with E-state index in [1.54, 1.807) is 25.5 Å². The molecule has 1 aromatic carbocycles. The van der Waals surface area contributed by atoms with Crippen LogP contribution >= 0.6 is 0 Å². The van der Waals surface area contributed by atoms with E-state index in [0.29, 0.717) is 12.3 Å². The maximum absolute atomic E-state index is 11.9. The van der Waals surface area contributed by atoms with Crippen LogP contribution in [0.4, 0.5) is 0 Å². The van der Waals surface area contributed by atoms with E-state index in [1.165, 1.54) is 0 Å². The van der Waals surface area contributed by atoms with Crippen molar-refractivity contribution in [2.75, 3.05) is 6.61 Å². The van der Waals surface area contributed by atoms with Crippen LogP contribution in [0, 0.1) is 6.92 Å². The van der Waals surface area contributed by atoms with E-state index in [9.17, 15) is 4.79 Å². The lowest BCUT2D eigenvalue weighted by atomic mass is 10.3. The number of nitrogens with zero attached hydrogens (tertiary/aromatic N) is 3. The predicted octanol–water partition coefficient (Wildman–Crippen LogP) is 2.54. The van der Waals surface area contributed by atoms with E-state index in [0.717, 1.165) is 11.4 Å². The topological polar surface area (TPSA) is 66.2 Å². The molecule has 1 aromatic heterocycles. The fourth-order valence-electron chi connectivity index (χ4n) is 1.88. The molecule has 0 fully saturated rings. The van der Waals surface area contributed by atoms with Gasteiger partial charge in [-0.05, 0) is 52.0 Å². The molecule has 1 heterocycles. The molecule has 0 amide bonds. The lowest BCUT2D eigenvalue weighted by Gasteiger charge is -2.07.